The van der Waals surface area contributed by atoms with Crippen molar-refractivity contribution in [1.29, 1.82) is 0 Å². The molecule has 0 saturated heterocycles. The van der Waals surface area contributed by atoms with Crippen molar-refractivity contribution in [3.8, 4) is 0 Å². The van der Waals surface area contributed by atoms with Gasteiger partial charge in [-0.15, -0.1) is 0 Å². The van der Waals surface area contributed by atoms with Crippen molar-refractivity contribution in [3.63, 3.8) is 0 Å². The highest BCUT2D eigenvalue weighted by Crippen LogP contribution is 2.28. The third kappa shape index (κ3) is 4.60. The van der Waals surface area contributed by atoms with Gasteiger partial charge in [0.25, 0.3) is 0 Å². The number of halogens is 2. The largest absolute Gasteiger partial charge is 0.458 e. The van der Waals surface area contributed by atoms with E-state index in [1.807, 2.05) is 0 Å². The molecule has 5 heteroatoms. The van der Waals surface area contributed by atoms with Crippen molar-refractivity contribution >= 4 is 29.2 Å². The number of hydrogen-bond donors (Lipinski definition) is 1. The van der Waals surface area contributed by atoms with E-state index in [1.165, 1.54) is 11.3 Å². The highest BCUT2D eigenvalue weighted by Gasteiger charge is 2.30. The fourth-order valence-corrected chi connectivity index (χ4v) is 3.21. The van der Waals surface area contributed by atoms with E-state index in [0.717, 1.165) is 25.8 Å². The van der Waals surface area contributed by atoms with E-state index in [9.17, 15) is 4.79 Å². The van der Waals surface area contributed by atoms with Gasteiger partial charge in [0.05, 0.1) is 36.2 Å². The van der Waals surface area contributed by atoms with Crippen LogP contribution in [0.4, 0.5) is 0 Å². The Morgan fingerprint density at radius 1 is 1.24 bits per heavy atom. The van der Waals surface area contributed by atoms with Crippen LogP contribution in [0.5, 0.6) is 0 Å². The lowest BCUT2D eigenvalue weighted by molar-refractivity contribution is -0.862. The number of carbonyl (C=O) groups is 1. The van der Waals surface area contributed by atoms with Crippen LogP contribution in [0.3, 0.4) is 0 Å². The van der Waals surface area contributed by atoms with Crippen LogP contribution < -0.4 is 4.90 Å². The van der Waals surface area contributed by atoms with E-state index < -0.39 is 0 Å². The number of rotatable bonds is 4. The molecule has 1 aromatic carbocycles. The summed E-state index contributed by atoms with van der Waals surface area (Å²) < 4.78 is 5.73. The number of ether oxygens (including phenoxy) is 1. The van der Waals surface area contributed by atoms with Crippen LogP contribution in [0.2, 0.25) is 10.0 Å². The Labute approximate surface area is 136 Å². The molecule has 2 rings (SSSR count). The summed E-state index contributed by atoms with van der Waals surface area (Å²) in [6.07, 6.45) is 4.43. The van der Waals surface area contributed by atoms with Crippen LogP contribution in [-0.4, -0.2) is 32.7 Å². The molecule has 21 heavy (non-hydrogen) atoms. The molecular weight excluding hydrogens is 309 g/mol. The second-order valence-electron chi connectivity index (χ2n) is 6.03. The quantitative estimate of drug-likeness (QED) is 0.860. The summed E-state index contributed by atoms with van der Waals surface area (Å²) in [5.41, 5.74) is 0.464. The zero-order valence-corrected chi connectivity index (χ0v) is 14.0. The molecule has 1 N–H and O–H groups in total. The summed E-state index contributed by atoms with van der Waals surface area (Å²) in [6, 6.07) is 4.86. The van der Waals surface area contributed by atoms with Crippen LogP contribution in [-0.2, 0) is 4.74 Å². The average molecular weight is 331 g/mol. The molecule has 0 aliphatic heterocycles. The van der Waals surface area contributed by atoms with Gasteiger partial charge >= 0.3 is 5.97 Å². The van der Waals surface area contributed by atoms with E-state index in [0.29, 0.717) is 21.5 Å². The lowest BCUT2D eigenvalue weighted by atomic mass is 9.86. The van der Waals surface area contributed by atoms with Crippen LogP contribution in [0, 0.1) is 5.92 Å². The van der Waals surface area contributed by atoms with Gasteiger partial charge in [0.2, 0.25) is 0 Å². The van der Waals surface area contributed by atoms with Crippen molar-refractivity contribution in [2.24, 2.45) is 5.92 Å². The first kappa shape index (κ1) is 16.6. The molecule has 1 aliphatic carbocycles. The van der Waals surface area contributed by atoms with Gasteiger partial charge in [-0.2, -0.15) is 0 Å². The number of benzene rings is 1. The van der Waals surface area contributed by atoms with E-state index in [4.69, 9.17) is 27.9 Å². The molecule has 0 amide bonds. The highest BCUT2D eigenvalue weighted by molar-refractivity contribution is 6.42. The smallest absolute Gasteiger partial charge is 0.338 e. The molecule has 0 unspecified atom stereocenters. The van der Waals surface area contributed by atoms with E-state index >= 15 is 0 Å². The highest BCUT2D eigenvalue weighted by atomic mass is 35.5. The molecule has 0 radical (unpaired) electrons. The van der Waals surface area contributed by atoms with Gasteiger partial charge in [0, 0.05) is 5.92 Å². The van der Waals surface area contributed by atoms with Crippen molar-refractivity contribution < 1.29 is 14.4 Å². The second kappa shape index (κ2) is 7.48. The molecule has 0 aromatic heterocycles. The fourth-order valence-electron chi connectivity index (χ4n) is 2.92. The van der Waals surface area contributed by atoms with Crippen molar-refractivity contribution in [2.75, 3.05) is 20.6 Å². The molecule has 116 valence electrons. The summed E-state index contributed by atoms with van der Waals surface area (Å²) in [4.78, 5) is 13.7. The summed E-state index contributed by atoms with van der Waals surface area (Å²) >= 11 is 11.8. The summed E-state index contributed by atoms with van der Waals surface area (Å²) in [7, 11) is 4.26. The minimum Gasteiger partial charge on any atom is -0.458 e. The van der Waals surface area contributed by atoms with Gasteiger partial charge < -0.3 is 9.64 Å². The average Bonchev–Trinajstić information content (AvgIpc) is 2.43. The lowest BCUT2D eigenvalue weighted by Gasteiger charge is -2.31. The summed E-state index contributed by atoms with van der Waals surface area (Å²) in [5.74, 6) is 0.134. The Morgan fingerprint density at radius 2 is 1.95 bits per heavy atom. The maximum absolute atomic E-state index is 12.3. The minimum atomic E-state index is -0.306. The molecule has 1 aliphatic rings. The van der Waals surface area contributed by atoms with E-state index in [1.54, 1.807) is 18.2 Å². The minimum absolute atomic E-state index is 0.00982. The molecule has 1 fully saturated rings. The predicted molar refractivity (Wildman–Crippen MR) is 85.3 cm³/mol. The van der Waals surface area contributed by atoms with E-state index in [2.05, 4.69) is 14.1 Å². The Kier molecular flexibility index (Phi) is 5.91. The molecule has 3 nitrogen and oxygen atoms in total. The van der Waals surface area contributed by atoms with Crippen molar-refractivity contribution in [3.05, 3.63) is 33.8 Å². The first-order valence-corrected chi connectivity index (χ1v) is 8.18. The number of esters is 1. The monoisotopic (exact) mass is 330 g/mol. The molecule has 0 spiro atoms. The molecule has 0 bridgehead atoms. The van der Waals surface area contributed by atoms with Gasteiger partial charge in [-0.25, -0.2) is 4.79 Å². The van der Waals surface area contributed by atoms with Crippen molar-refractivity contribution in [1.82, 2.24) is 0 Å². The normalized spacial score (nSPS) is 22.3. The maximum Gasteiger partial charge on any atom is 0.338 e. The summed E-state index contributed by atoms with van der Waals surface area (Å²) in [5, 5.41) is 0.823. The Balaban J connectivity index is 2.04. The molecule has 1 aromatic rings. The predicted octanol–water partition coefficient (Wildman–Crippen LogP) is 2.85. The SMILES string of the molecule is C[NH+](C)C[C@@H]1CCCC[C@@H]1OC(=O)c1ccc(Cl)c(Cl)c1. The zero-order chi connectivity index (χ0) is 15.4. The first-order chi connectivity index (χ1) is 9.97. The third-order valence-electron chi connectivity index (χ3n) is 3.92. The van der Waals surface area contributed by atoms with Crippen molar-refractivity contribution in [2.45, 2.75) is 31.8 Å². The summed E-state index contributed by atoms with van der Waals surface area (Å²) in [6.45, 7) is 1.03. The van der Waals surface area contributed by atoms with Crippen LogP contribution >= 0.6 is 23.2 Å². The Hall–Kier alpha value is -0.770. The zero-order valence-electron chi connectivity index (χ0n) is 12.5. The lowest BCUT2D eigenvalue weighted by Crippen LogP contribution is -3.06. The molecule has 0 heterocycles. The molecule has 2 atom stereocenters. The standard InChI is InChI=1S/C16H21Cl2NO2/c1-19(2)10-12-5-3-4-6-15(12)21-16(20)11-7-8-13(17)14(18)9-11/h7-9,12,15H,3-6,10H2,1-2H3/p+1/t12-,15-/m0/s1. The molecule has 1 saturated carbocycles. The Morgan fingerprint density at radius 3 is 2.62 bits per heavy atom. The number of quaternary nitrogens is 1. The number of carbonyl (C=O) groups excluding carboxylic acids is 1. The topological polar surface area (TPSA) is 30.7 Å². The number of hydrogen-bond acceptors (Lipinski definition) is 2. The van der Waals surface area contributed by atoms with Gasteiger partial charge in [-0.05, 0) is 37.5 Å². The molecular formula is C16H22Cl2NO2+. The van der Waals surface area contributed by atoms with Crippen LogP contribution in [0.15, 0.2) is 18.2 Å². The van der Waals surface area contributed by atoms with Gasteiger partial charge in [-0.1, -0.05) is 29.6 Å². The van der Waals surface area contributed by atoms with Gasteiger partial charge in [-0.3, -0.25) is 0 Å². The van der Waals surface area contributed by atoms with Crippen LogP contribution in [0.1, 0.15) is 36.0 Å². The maximum atomic E-state index is 12.3. The third-order valence-corrected chi connectivity index (χ3v) is 4.66. The van der Waals surface area contributed by atoms with Gasteiger partial charge in [0.1, 0.15) is 6.10 Å². The number of nitrogens with one attached hydrogen (secondary N) is 1. The van der Waals surface area contributed by atoms with Gasteiger partial charge in [0.15, 0.2) is 0 Å². The first-order valence-electron chi connectivity index (χ1n) is 7.42. The second-order valence-corrected chi connectivity index (χ2v) is 6.84. The van der Waals surface area contributed by atoms with E-state index in [-0.39, 0.29) is 12.1 Å². The fraction of sp³-hybridized carbons (Fsp3) is 0.562. The Bertz CT molecular complexity index is 505. The van der Waals surface area contributed by atoms with Crippen LogP contribution in [0.25, 0.3) is 0 Å².